The molecular formula is C20H24N6O3. The highest BCUT2D eigenvalue weighted by Gasteiger charge is 2.31. The Morgan fingerprint density at radius 3 is 2.52 bits per heavy atom. The maximum atomic E-state index is 11.8. The standard InChI is InChI=1S/C20H24N6O3/c1-2-3-16(20(27)28)17(19-23-25-26-24-19)10-14-6-9-18(22-12-14)29-15-7-4-13(11-21)5-8-15/h4-9,12,16-17H,2-3,10-11,21H2,1H3,(H,27,28)(H,23,24,25,26)/t16-,17-/m0/s1. The van der Waals surface area contributed by atoms with Gasteiger partial charge >= 0.3 is 5.97 Å². The summed E-state index contributed by atoms with van der Waals surface area (Å²) in [5, 5.41) is 23.5. The highest BCUT2D eigenvalue weighted by atomic mass is 16.5. The Balaban J connectivity index is 1.73. The first kappa shape index (κ1) is 20.4. The van der Waals surface area contributed by atoms with Crippen molar-refractivity contribution in [2.24, 2.45) is 11.7 Å². The monoisotopic (exact) mass is 396 g/mol. The van der Waals surface area contributed by atoms with Crippen LogP contribution in [0.4, 0.5) is 0 Å². The molecule has 3 aromatic rings. The number of aromatic amines is 1. The summed E-state index contributed by atoms with van der Waals surface area (Å²) in [4.78, 5) is 16.1. The van der Waals surface area contributed by atoms with E-state index in [1.165, 1.54) is 0 Å². The van der Waals surface area contributed by atoms with Gasteiger partial charge in [0.15, 0.2) is 5.82 Å². The lowest BCUT2D eigenvalue weighted by molar-refractivity contribution is -0.142. The summed E-state index contributed by atoms with van der Waals surface area (Å²) in [5.74, 6) is -0.239. The van der Waals surface area contributed by atoms with Crippen molar-refractivity contribution in [2.45, 2.75) is 38.6 Å². The van der Waals surface area contributed by atoms with Crippen LogP contribution in [0.25, 0.3) is 0 Å². The highest BCUT2D eigenvalue weighted by molar-refractivity contribution is 5.71. The van der Waals surface area contributed by atoms with Crippen molar-refractivity contribution in [3.05, 3.63) is 59.5 Å². The number of nitrogens with zero attached hydrogens (tertiary/aromatic N) is 4. The van der Waals surface area contributed by atoms with Crippen molar-refractivity contribution in [3.8, 4) is 11.6 Å². The van der Waals surface area contributed by atoms with E-state index in [9.17, 15) is 9.90 Å². The van der Waals surface area contributed by atoms with E-state index in [4.69, 9.17) is 10.5 Å². The lowest BCUT2D eigenvalue weighted by Crippen LogP contribution is -2.25. The van der Waals surface area contributed by atoms with Gasteiger partial charge in [-0.3, -0.25) is 4.79 Å². The number of rotatable bonds is 10. The molecule has 0 aliphatic rings. The Bertz CT molecular complexity index is 897. The van der Waals surface area contributed by atoms with Gasteiger partial charge in [-0.2, -0.15) is 0 Å². The maximum absolute atomic E-state index is 11.8. The third-order valence-corrected chi connectivity index (χ3v) is 4.75. The molecule has 0 radical (unpaired) electrons. The summed E-state index contributed by atoms with van der Waals surface area (Å²) in [7, 11) is 0. The second kappa shape index (κ2) is 9.74. The summed E-state index contributed by atoms with van der Waals surface area (Å²) >= 11 is 0. The number of H-pyrrole nitrogens is 1. The predicted molar refractivity (Wildman–Crippen MR) is 105 cm³/mol. The van der Waals surface area contributed by atoms with Gasteiger partial charge in [-0.25, -0.2) is 10.1 Å². The lowest BCUT2D eigenvalue weighted by Gasteiger charge is -2.21. The van der Waals surface area contributed by atoms with Crippen LogP contribution in [0.1, 0.15) is 42.6 Å². The molecule has 2 aromatic heterocycles. The zero-order valence-electron chi connectivity index (χ0n) is 16.2. The largest absolute Gasteiger partial charge is 0.481 e. The zero-order valence-corrected chi connectivity index (χ0v) is 16.2. The van der Waals surface area contributed by atoms with Gasteiger partial charge < -0.3 is 15.6 Å². The van der Waals surface area contributed by atoms with Gasteiger partial charge in [-0.1, -0.05) is 31.5 Å². The van der Waals surface area contributed by atoms with E-state index in [0.717, 1.165) is 17.5 Å². The molecule has 3 rings (SSSR count). The summed E-state index contributed by atoms with van der Waals surface area (Å²) in [5.41, 5.74) is 7.49. The van der Waals surface area contributed by atoms with E-state index in [0.29, 0.717) is 36.8 Å². The number of aliphatic carboxylic acids is 1. The number of benzene rings is 1. The molecule has 9 nitrogen and oxygen atoms in total. The van der Waals surface area contributed by atoms with E-state index in [1.807, 2.05) is 37.3 Å². The molecule has 0 aliphatic carbocycles. The Hall–Kier alpha value is -3.33. The first-order valence-electron chi connectivity index (χ1n) is 9.49. The molecule has 29 heavy (non-hydrogen) atoms. The quantitative estimate of drug-likeness (QED) is 0.475. The average Bonchev–Trinajstić information content (AvgIpc) is 3.27. The molecule has 1 aromatic carbocycles. The van der Waals surface area contributed by atoms with Gasteiger partial charge in [0.1, 0.15) is 5.75 Å². The number of hydrogen-bond donors (Lipinski definition) is 3. The number of nitrogens with two attached hydrogens (primary N) is 1. The van der Waals surface area contributed by atoms with E-state index in [1.54, 1.807) is 12.3 Å². The molecule has 2 atom stereocenters. The van der Waals surface area contributed by atoms with Crippen molar-refractivity contribution in [2.75, 3.05) is 0 Å². The topological polar surface area (TPSA) is 140 Å². The number of ether oxygens (including phenoxy) is 1. The van der Waals surface area contributed by atoms with E-state index in [-0.39, 0.29) is 5.92 Å². The Morgan fingerprint density at radius 2 is 1.97 bits per heavy atom. The minimum Gasteiger partial charge on any atom is -0.481 e. The first-order valence-corrected chi connectivity index (χ1v) is 9.49. The molecule has 0 unspecified atom stereocenters. The van der Waals surface area contributed by atoms with Crippen LogP contribution in [0.2, 0.25) is 0 Å². The SMILES string of the molecule is CCC[C@H](C(=O)O)[C@H](Cc1ccc(Oc2ccc(CN)cc2)nc1)c1nnn[nH]1. The predicted octanol–water partition coefficient (Wildman–Crippen LogP) is 2.67. The van der Waals surface area contributed by atoms with Gasteiger partial charge in [0, 0.05) is 24.7 Å². The second-order valence-corrected chi connectivity index (χ2v) is 6.79. The minimum atomic E-state index is -0.859. The molecule has 0 spiro atoms. The van der Waals surface area contributed by atoms with Crippen molar-refractivity contribution >= 4 is 5.97 Å². The molecular weight excluding hydrogens is 372 g/mol. The smallest absolute Gasteiger partial charge is 0.307 e. The zero-order chi connectivity index (χ0) is 20.6. The summed E-state index contributed by atoms with van der Waals surface area (Å²) in [6, 6.07) is 11.1. The van der Waals surface area contributed by atoms with Gasteiger partial charge in [-0.05, 0) is 46.5 Å². The number of tetrazole rings is 1. The van der Waals surface area contributed by atoms with Crippen LogP contribution >= 0.6 is 0 Å². The van der Waals surface area contributed by atoms with Gasteiger partial charge in [-0.15, -0.1) is 5.10 Å². The van der Waals surface area contributed by atoms with E-state index >= 15 is 0 Å². The van der Waals surface area contributed by atoms with E-state index < -0.39 is 11.9 Å². The fraction of sp³-hybridized carbons (Fsp3) is 0.350. The van der Waals surface area contributed by atoms with Crippen molar-refractivity contribution in [1.29, 1.82) is 0 Å². The molecule has 2 heterocycles. The number of pyridine rings is 1. The molecule has 152 valence electrons. The summed E-state index contributed by atoms with van der Waals surface area (Å²) < 4.78 is 5.75. The molecule has 0 fully saturated rings. The third kappa shape index (κ3) is 5.35. The van der Waals surface area contributed by atoms with Crippen molar-refractivity contribution < 1.29 is 14.6 Å². The Morgan fingerprint density at radius 1 is 1.21 bits per heavy atom. The van der Waals surface area contributed by atoms with Crippen LogP contribution < -0.4 is 10.5 Å². The van der Waals surface area contributed by atoms with Crippen LogP contribution in [-0.2, 0) is 17.8 Å². The second-order valence-electron chi connectivity index (χ2n) is 6.79. The number of carboxylic acid groups (broad SMARTS) is 1. The Labute approximate surface area is 168 Å². The fourth-order valence-corrected chi connectivity index (χ4v) is 3.22. The number of carbonyl (C=O) groups is 1. The number of aromatic nitrogens is 5. The van der Waals surface area contributed by atoms with E-state index in [2.05, 4.69) is 25.6 Å². The minimum absolute atomic E-state index is 0.375. The molecule has 0 aliphatic heterocycles. The van der Waals surface area contributed by atoms with Crippen LogP contribution in [0.5, 0.6) is 11.6 Å². The third-order valence-electron chi connectivity index (χ3n) is 4.75. The van der Waals surface area contributed by atoms with Crippen LogP contribution in [0, 0.1) is 5.92 Å². The highest BCUT2D eigenvalue weighted by Crippen LogP contribution is 2.30. The van der Waals surface area contributed by atoms with Crippen molar-refractivity contribution in [1.82, 2.24) is 25.6 Å². The van der Waals surface area contributed by atoms with Crippen molar-refractivity contribution in [3.63, 3.8) is 0 Å². The molecule has 0 bridgehead atoms. The Kier molecular flexibility index (Phi) is 6.85. The number of nitrogens with one attached hydrogen (secondary N) is 1. The van der Waals surface area contributed by atoms with Crippen LogP contribution in [0.3, 0.4) is 0 Å². The number of carboxylic acids is 1. The lowest BCUT2D eigenvalue weighted by atomic mass is 9.83. The molecule has 0 amide bonds. The maximum Gasteiger partial charge on any atom is 0.307 e. The normalized spacial score (nSPS) is 13.0. The van der Waals surface area contributed by atoms with Gasteiger partial charge in [0.25, 0.3) is 0 Å². The number of hydrogen-bond acceptors (Lipinski definition) is 7. The molecule has 0 saturated carbocycles. The molecule has 4 N–H and O–H groups in total. The van der Waals surface area contributed by atoms with Gasteiger partial charge in [0.05, 0.1) is 5.92 Å². The fourth-order valence-electron chi connectivity index (χ4n) is 3.22. The molecule has 0 saturated heterocycles. The molecule has 9 heteroatoms. The summed E-state index contributed by atoms with van der Waals surface area (Å²) in [6.07, 6.45) is 3.43. The van der Waals surface area contributed by atoms with Crippen LogP contribution in [0.15, 0.2) is 42.6 Å². The average molecular weight is 396 g/mol. The van der Waals surface area contributed by atoms with Gasteiger partial charge in [0.2, 0.25) is 5.88 Å². The van der Waals surface area contributed by atoms with Crippen LogP contribution in [-0.4, -0.2) is 36.7 Å². The summed E-state index contributed by atoms with van der Waals surface area (Å²) in [6.45, 7) is 2.43. The first-order chi connectivity index (χ1) is 14.1.